The minimum Gasteiger partial charge on any atom is -0.493 e. The third kappa shape index (κ3) is 3.61. The van der Waals surface area contributed by atoms with E-state index < -0.39 is 0 Å². The number of nitrogens with one attached hydrogen (secondary N) is 1. The van der Waals surface area contributed by atoms with Gasteiger partial charge in [-0.3, -0.25) is 4.90 Å². The molecule has 1 saturated heterocycles. The third-order valence-corrected chi connectivity index (χ3v) is 3.81. The number of benzene rings is 1. The lowest BCUT2D eigenvalue weighted by molar-refractivity contribution is 0.191. The predicted molar refractivity (Wildman–Crippen MR) is 76.9 cm³/mol. The molecule has 0 unspecified atom stereocenters. The van der Waals surface area contributed by atoms with Gasteiger partial charge in [0, 0.05) is 12.6 Å². The molecule has 4 nitrogen and oxygen atoms in total. The van der Waals surface area contributed by atoms with Gasteiger partial charge in [0.25, 0.3) is 0 Å². The molecule has 1 heterocycles. The quantitative estimate of drug-likeness (QED) is 0.880. The average Bonchev–Trinajstić information content (AvgIpc) is 2.48. The minimum atomic E-state index is 0.675. The summed E-state index contributed by atoms with van der Waals surface area (Å²) in [7, 11) is 5.55. The predicted octanol–water partition coefficient (Wildman–Crippen LogP) is 1.89. The van der Waals surface area contributed by atoms with Gasteiger partial charge in [0.05, 0.1) is 14.2 Å². The van der Waals surface area contributed by atoms with Gasteiger partial charge in [0.1, 0.15) is 0 Å². The number of nitrogens with zero attached hydrogens (tertiary/aromatic N) is 1. The van der Waals surface area contributed by atoms with Gasteiger partial charge in [-0.25, -0.2) is 0 Å². The van der Waals surface area contributed by atoms with Crippen molar-refractivity contribution in [2.24, 2.45) is 0 Å². The highest BCUT2D eigenvalue weighted by Crippen LogP contribution is 2.28. The van der Waals surface area contributed by atoms with E-state index in [0.29, 0.717) is 6.04 Å². The molecule has 1 aromatic rings. The number of methoxy groups -OCH3 is 2. The molecule has 0 saturated carbocycles. The van der Waals surface area contributed by atoms with E-state index in [2.05, 4.69) is 29.4 Å². The van der Waals surface area contributed by atoms with Crippen molar-refractivity contribution in [1.82, 2.24) is 10.2 Å². The molecule has 0 amide bonds. The highest BCUT2D eigenvalue weighted by Gasteiger charge is 2.18. The SMILES string of the molecule is COc1ccc(CN(C)C2CCNCC2)cc1OC. The maximum absolute atomic E-state index is 5.35. The highest BCUT2D eigenvalue weighted by molar-refractivity contribution is 5.42. The van der Waals surface area contributed by atoms with E-state index >= 15 is 0 Å². The van der Waals surface area contributed by atoms with Crippen LogP contribution in [0, 0.1) is 0 Å². The van der Waals surface area contributed by atoms with E-state index in [4.69, 9.17) is 9.47 Å². The van der Waals surface area contributed by atoms with Gasteiger partial charge < -0.3 is 14.8 Å². The molecule has 0 radical (unpaired) electrons. The molecule has 1 aliphatic heterocycles. The molecule has 106 valence electrons. The van der Waals surface area contributed by atoms with Crippen molar-refractivity contribution >= 4 is 0 Å². The number of piperidine rings is 1. The lowest BCUT2D eigenvalue weighted by Gasteiger charge is -2.31. The summed E-state index contributed by atoms with van der Waals surface area (Å²) >= 11 is 0. The minimum absolute atomic E-state index is 0.675. The van der Waals surface area contributed by atoms with Crippen LogP contribution in [-0.4, -0.2) is 45.3 Å². The largest absolute Gasteiger partial charge is 0.493 e. The third-order valence-electron chi connectivity index (χ3n) is 3.81. The summed E-state index contributed by atoms with van der Waals surface area (Å²) in [4.78, 5) is 2.43. The first-order valence-electron chi connectivity index (χ1n) is 6.86. The molecular weight excluding hydrogens is 240 g/mol. The van der Waals surface area contributed by atoms with Crippen LogP contribution in [0.3, 0.4) is 0 Å². The smallest absolute Gasteiger partial charge is 0.161 e. The summed E-state index contributed by atoms with van der Waals surface area (Å²) in [6.45, 7) is 3.20. The van der Waals surface area contributed by atoms with Crippen molar-refractivity contribution in [2.75, 3.05) is 34.4 Å². The molecule has 0 spiro atoms. The first-order chi connectivity index (χ1) is 9.24. The van der Waals surface area contributed by atoms with Gasteiger partial charge in [-0.05, 0) is 50.7 Å². The van der Waals surface area contributed by atoms with E-state index in [0.717, 1.165) is 31.1 Å². The monoisotopic (exact) mass is 264 g/mol. The van der Waals surface area contributed by atoms with Gasteiger partial charge in [-0.15, -0.1) is 0 Å². The van der Waals surface area contributed by atoms with Crippen LogP contribution < -0.4 is 14.8 Å². The molecule has 1 aliphatic rings. The van der Waals surface area contributed by atoms with Gasteiger partial charge in [0.15, 0.2) is 11.5 Å². The molecule has 1 aromatic carbocycles. The Labute approximate surface area is 115 Å². The van der Waals surface area contributed by atoms with Crippen LogP contribution in [0.25, 0.3) is 0 Å². The zero-order valence-corrected chi connectivity index (χ0v) is 12.1. The fourth-order valence-corrected chi connectivity index (χ4v) is 2.64. The van der Waals surface area contributed by atoms with Gasteiger partial charge in [-0.1, -0.05) is 6.07 Å². The van der Waals surface area contributed by atoms with Crippen molar-refractivity contribution < 1.29 is 9.47 Å². The van der Waals surface area contributed by atoms with Crippen LogP contribution in [0.4, 0.5) is 0 Å². The standard InChI is InChI=1S/C15H24N2O2/c1-17(13-6-8-16-9-7-13)11-12-4-5-14(18-2)15(10-12)19-3/h4-5,10,13,16H,6-9,11H2,1-3H3. The summed E-state index contributed by atoms with van der Waals surface area (Å²) in [5.74, 6) is 1.59. The normalized spacial score (nSPS) is 16.6. The second-order valence-corrected chi connectivity index (χ2v) is 5.09. The Hall–Kier alpha value is -1.26. The van der Waals surface area contributed by atoms with Crippen molar-refractivity contribution in [1.29, 1.82) is 0 Å². The highest BCUT2D eigenvalue weighted by atomic mass is 16.5. The fourth-order valence-electron chi connectivity index (χ4n) is 2.64. The zero-order chi connectivity index (χ0) is 13.7. The average molecular weight is 264 g/mol. The lowest BCUT2D eigenvalue weighted by atomic mass is 10.0. The lowest BCUT2D eigenvalue weighted by Crippen LogP contribution is -2.40. The molecule has 0 aromatic heterocycles. The van der Waals surface area contributed by atoms with Crippen LogP contribution in [0.15, 0.2) is 18.2 Å². The molecule has 4 heteroatoms. The van der Waals surface area contributed by atoms with E-state index in [9.17, 15) is 0 Å². The van der Waals surface area contributed by atoms with Gasteiger partial charge in [0.2, 0.25) is 0 Å². The number of hydrogen-bond acceptors (Lipinski definition) is 4. The van der Waals surface area contributed by atoms with E-state index in [1.165, 1.54) is 18.4 Å². The Kier molecular flexibility index (Phi) is 5.05. The van der Waals surface area contributed by atoms with Crippen LogP contribution >= 0.6 is 0 Å². The maximum Gasteiger partial charge on any atom is 0.161 e. The Morgan fingerprint density at radius 2 is 1.84 bits per heavy atom. The van der Waals surface area contributed by atoms with Crippen molar-refractivity contribution in [2.45, 2.75) is 25.4 Å². The van der Waals surface area contributed by atoms with Crippen LogP contribution in [-0.2, 0) is 6.54 Å². The second-order valence-electron chi connectivity index (χ2n) is 5.09. The number of ether oxygens (including phenoxy) is 2. The molecule has 1 N–H and O–H groups in total. The second kappa shape index (κ2) is 6.78. The maximum atomic E-state index is 5.35. The topological polar surface area (TPSA) is 33.7 Å². The molecule has 0 bridgehead atoms. The Balaban J connectivity index is 2.01. The molecular formula is C15H24N2O2. The van der Waals surface area contributed by atoms with Crippen LogP contribution in [0.2, 0.25) is 0 Å². The molecule has 1 fully saturated rings. The van der Waals surface area contributed by atoms with Crippen molar-refractivity contribution in [3.05, 3.63) is 23.8 Å². The van der Waals surface area contributed by atoms with Gasteiger partial charge >= 0.3 is 0 Å². The van der Waals surface area contributed by atoms with Gasteiger partial charge in [-0.2, -0.15) is 0 Å². The van der Waals surface area contributed by atoms with E-state index in [1.54, 1.807) is 14.2 Å². The van der Waals surface area contributed by atoms with Crippen LogP contribution in [0.5, 0.6) is 11.5 Å². The fraction of sp³-hybridized carbons (Fsp3) is 0.600. The van der Waals surface area contributed by atoms with Crippen molar-refractivity contribution in [3.8, 4) is 11.5 Å². The first kappa shape index (κ1) is 14.2. The summed E-state index contributed by atoms with van der Waals surface area (Å²) < 4.78 is 10.6. The Morgan fingerprint density at radius 3 is 2.47 bits per heavy atom. The summed E-state index contributed by atoms with van der Waals surface area (Å²) in [6.07, 6.45) is 2.45. The summed E-state index contributed by atoms with van der Waals surface area (Å²) in [6, 6.07) is 6.83. The molecule has 0 aliphatic carbocycles. The molecule has 19 heavy (non-hydrogen) atoms. The van der Waals surface area contributed by atoms with E-state index in [1.807, 2.05) is 6.07 Å². The number of hydrogen-bond donors (Lipinski definition) is 1. The molecule has 2 rings (SSSR count). The number of rotatable bonds is 5. The summed E-state index contributed by atoms with van der Waals surface area (Å²) in [5.41, 5.74) is 1.26. The van der Waals surface area contributed by atoms with Crippen LogP contribution in [0.1, 0.15) is 18.4 Å². The summed E-state index contributed by atoms with van der Waals surface area (Å²) in [5, 5.41) is 3.40. The first-order valence-corrected chi connectivity index (χ1v) is 6.86. The molecule has 0 atom stereocenters. The Bertz CT molecular complexity index is 403. The van der Waals surface area contributed by atoms with E-state index in [-0.39, 0.29) is 0 Å². The zero-order valence-electron chi connectivity index (χ0n) is 12.1. The van der Waals surface area contributed by atoms with Crippen molar-refractivity contribution in [3.63, 3.8) is 0 Å². The Morgan fingerprint density at radius 1 is 1.16 bits per heavy atom.